The van der Waals surface area contributed by atoms with Crippen LogP contribution in [-0.4, -0.2) is 4.99 Å². The smallest absolute Gasteiger partial charge is 0.110 e. The van der Waals surface area contributed by atoms with Gasteiger partial charge < -0.3 is 5.32 Å². The highest BCUT2D eigenvalue weighted by atomic mass is 35.5. The standard InChI is InChI=1S/C13H9Cl2NS/c14-10-6-4-9(5-7-10)13(17)16-12-3-1-2-11(15)8-12/h1-8H,(H,16,17). The molecule has 0 saturated heterocycles. The molecule has 17 heavy (non-hydrogen) atoms. The van der Waals surface area contributed by atoms with Crippen molar-refractivity contribution in [3.8, 4) is 0 Å². The summed E-state index contributed by atoms with van der Waals surface area (Å²) in [6, 6.07) is 14.8. The molecule has 0 aliphatic rings. The van der Waals surface area contributed by atoms with Gasteiger partial charge in [-0.25, -0.2) is 0 Å². The third-order valence-corrected chi connectivity index (χ3v) is 3.01. The van der Waals surface area contributed by atoms with Gasteiger partial charge in [-0.3, -0.25) is 0 Å². The Bertz CT molecular complexity index is 537. The van der Waals surface area contributed by atoms with Crippen LogP contribution in [0.2, 0.25) is 10.0 Å². The van der Waals surface area contributed by atoms with Crippen molar-refractivity contribution in [2.45, 2.75) is 0 Å². The molecular weight excluding hydrogens is 273 g/mol. The van der Waals surface area contributed by atoms with E-state index < -0.39 is 0 Å². The Balaban J connectivity index is 2.14. The van der Waals surface area contributed by atoms with Crippen LogP contribution in [-0.2, 0) is 0 Å². The minimum absolute atomic E-state index is 0.643. The molecule has 0 radical (unpaired) electrons. The van der Waals surface area contributed by atoms with Crippen LogP contribution in [0, 0.1) is 0 Å². The second kappa shape index (κ2) is 5.50. The number of thiocarbonyl (C=S) groups is 1. The van der Waals surface area contributed by atoms with E-state index in [1.54, 1.807) is 0 Å². The second-order valence-corrected chi connectivity index (χ2v) is 4.75. The van der Waals surface area contributed by atoms with Gasteiger partial charge in [-0.2, -0.15) is 0 Å². The molecule has 0 bridgehead atoms. The molecule has 4 heteroatoms. The molecule has 2 aromatic carbocycles. The molecule has 2 rings (SSSR count). The lowest BCUT2D eigenvalue weighted by Crippen LogP contribution is -2.10. The number of halogens is 2. The maximum atomic E-state index is 5.89. The molecule has 0 unspecified atom stereocenters. The number of nitrogens with one attached hydrogen (secondary N) is 1. The molecule has 0 aliphatic heterocycles. The van der Waals surface area contributed by atoms with Gasteiger partial charge in [-0.1, -0.05) is 53.6 Å². The number of hydrogen-bond acceptors (Lipinski definition) is 1. The highest BCUT2D eigenvalue weighted by molar-refractivity contribution is 7.81. The minimum atomic E-state index is 0.643. The molecular formula is C13H9Cl2NS. The van der Waals surface area contributed by atoms with Gasteiger partial charge in [0.05, 0.1) is 0 Å². The Morgan fingerprint density at radius 2 is 1.65 bits per heavy atom. The molecule has 1 N–H and O–H groups in total. The van der Waals surface area contributed by atoms with Crippen LogP contribution in [0.5, 0.6) is 0 Å². The van der Waals surface area contributed by atoms with Gasteiger partial charge in [0, 0.05) is 21.3 Å². The van der Waals surface area contributed by atoms with E-state index in [1.807, 2.05) is 48.5 Å². The summed E-state index contributed by atoms with van der Waals surface area (Å²) in [5.41, 5.74) is 1.79. The van der Waals surface area contributed by atoms with Crippen molar-refractivity contribution in [3.05, 3.63) is 64.1 Å². The average molecular weight is 282 g/mol. The van der Waals surface area contributed by atoms with Crippen LogP contribution in [0.4, 0.5) is 5.69 Å². The largest absolute Gasteiger partial charge is 0.346 e. The van der Waals surface area contributed by atoms with Crippen molar-refractivity contribution < 1.29 is 0 Å². The van der Waals surface area contributed by atoms with Crippen LogP contribution in [0.15, 0.2) is 48.5 Å². The summed E-state index contributed by atoms with van der Waals surface area (Å²) in [6.07, 6.45) is 0. The summed E-state index contributed by atoms with van der Waals surface area (Å²) < 4.78 is 0. The van der Waals surface area contributed by atoms with Crippen LogP contribution < -0.4 is 5.32 Å². The Morgan fingerprint density at radius 3 is 2.29 bits per heavy atom. The van der Waals surface area contributed by atoms with Crippen LogP contribution >= 0.6 is 35.4 Å². The third kappa shape index (κ3) is 3.43. The van der Waals surface area contributed by atoms with Crippen molar-refractivity contribution in [1.82, 2.24) is 0 Å². The summed E-state index contributed by atoms with van der Waals surface area (Å²) >= 11 is 17.0. The fourth-order valence-electron chi connectivity index (χ4n) is 1.37. The summed E-state index contributed by atoms with van der Waals surface area (Å²) in [7, 11) is 0. The van der Waals surface area contributed by atoms with E-state index in [9.17, 15) is 0 Å². The lowest BCUT2D eigenvalue weighted by molar-refractivity contribution is 1.61. The average Bonchev–Trinajstić information content (AvgIpc) is 2.29. The highest BCUT2D eigenvalue weighted by Gasteiger charge is 2.01. The van der Waals surface area contributed by atoms with Crippen LogP contribution in [0.3, 0.4) is 0 Å². The third-order valence-electron chi connectivity index (χ3n) is 2.19. The van der Waals surface area contributed by atoms with E-state index >= 15 is 0 Å². The SMILES string of the molecule is S=C(Nc1cccc(Cl)c1)c1ccc(Cl)cc1. The molecule has 0 atom stereocenters. The molecule has 0 saturated carbocycles. The van der Waals surface area contributed by atoms with Gasteiger partial charge in [0.25, 0.3) is 0 Å². The van der Waals surface area contributed by atoms with Gasteiger partial charge in [0.2, 0.25) is 0 Å². The van der Waals surface area contributed by atoms with E-state index in [4.69, 9.17) is 35.4 Å². The molecule has 0 aliphatic carbocycles. The Hall–Kier alpha value is -1.09. The zero-order valence-electron chi connectivity index (χ0n) is 8.78. The van der Waals surface area contributed by atoms with E-state index in [-0.39, 0.29) is 0 Å². The maximum absolute atomic E-state index is 5.89. The fourth-order valence-corrected chi connectivity index (χ4v) is 1.94. The molecule has 0 fully saturated rings. The van der Waals surface area contributed by atoms with Crippen molar-refractivity contribution in [1.29, 1.82) is 0 Å². The maximum Gasteiger partial charge on any atom is 0.110 e. The van der Waals surface area contributed by atoms with Crippen molar-refractivity contribution in [3.63, 3.8) is 0 Å². The van der Waals surface area contributed by atoms with Crippen molar-refractivity contribution >= 4 is 46.1 Å². The predicted molar refractivity (Wildman–Crippen MR) is 78.2 cm³/mol. The number of benzene rings is 2. The second-order valence-electron chi connectivity index (χ2n) is 3.47. The molecule has 1 nitrogen and oxygen atoms in total. The summed E-state index contributed by atoms with van der Waals surface area (Å²) in [4.78, 5) is 0.643. The van der Waals surface area contributed by atoms with Gasteiger partial charge >= 0.3 is 0 Å². The first-order chi connectivity index (χ1) is 8.15. The van der Waals surface area contributed by atoms with E-state index in [0.717, 1.165) is 11.3 Å². The Kier molecular flexibility index (Phi) is 4.00. The number of hydrogen-bond donors (Lipinski definition) is 1. The molecule has 0 heterocycles. The van der Waals surface area contributed by atoms with Crippen molar-refractivity contribution in [2.24, 2.45) is 0 Å². The summed E-state index contributed by atoms with van der Waals surface area (Å²) in [6.45, 7) is 0. The molecule has 0 spiro atoms. The zero-order valence-corrected chi connectivity index (χ0v) is 11.1. The molecule has 0 aromatic heterocycles. The number of rotatable bonds is 2. The highest BCUT2D eigenvalue weighted by Crippen LogP contribution is 2.17. The molecule has 0 amide bonds. The first-order valence-corrected chi connectivity index (χ1v) is 6.14. The van der Waals surface area contributed by atoms with Gasteiger partial charge in [-0.05, 0) is 30.3 Å². The first-order valence-electron chi connectivity index (χ1n) is 4.97. The summed E-state index contributed by atoms with van der Waals surface area (Å²) in [5, 5.41) is 4.49. The monoisotopic (exact) mass is 281 g/mol. The van der Waals surface area contributed by atoms with Gasteiger partial charge in [0.15, 0.2) is 0 Å². The van der Waals surface area contributed by atoms with E-state index in [0.29, 0.717) is 15.0 Å². The minimum Gasteiger partial charge on any atom is -0.346 e. The summed E-state index contributed by atoms with van der Waals surface area (Å²) in [5.74, 6) is 0. The topological polar surface area (TPSA) is 12.0 Å². The molecule has 2 aromatic rings. The quantitative estimate of drug-likeness (QED) is 0.795. The van der Waals surface area contributed by atoms with Crippen molar-refractivity contribution in [2.75, 3.05) is 5.32 Å². The van der Waals surface area contributed by atoms with Gasteiger partial charge in [0.1, 0.15) is 4.99 Å². The normalized spacial score (nSPS) is 10.0. The lowest BCUT2D eigenvalue weighted by atomic mass is 10.2. The number of anilines is 1. The first kappa shape index (κ1) is 12.4. The Morgan fingerprint density at radius 1 is 0.941 bits per heavy atom. The van der Waals surface area contributed by atoms with Crippen LogP contribution in [0.1, 0.15) is 5.56 Å². The molecule has 86 valence electrons. The van der Waals surface area contributed by atoms with E-state index in [2.05, 4.69) is 5.32 Å². The van der Waals surface area contributed by atoms with Gasteiger partial charge in [-0.15, -0.1) is 0 Å². The lowest BCUT2D eigenvalue weighted by Gasteiger charge is -2.08. The Labute approximate surface area is 115 Å². The fraction of sp³-hybridized carbons (Fsp3) is 0. The predicted octanol–water partition coefficient (Wildman–Crippen LogP) is 4.78. The van der Waals surface area contributed by atoms with E-state index in [1.165, 1.54) is 0 Å². The zero-order chi connectivity index (χ0) is 12.3. The van der Waals surface area contributed by atoms with Crippen LogP contribution in [0.25, 0.3) is 0 Å².